The molecule has 2 aromatic carbocycles. The molecular weight excluding hydrogens is 270 g/mol. The number of benzene rings is 2. The van der Waals surface area contributed by atoms with E-state index in [1.54, 1.807) is 24.3 Å². The first-order valence-electron chi connectivity index (χ1n) is 6.32. The van der Waals surface area contributed by atoms with Gasteiger partial charge >= 0.3 is 5.97 Å². The highest BCUT2D eigenvalue weighted by Crippen LogP contribution is 2.27. The van der Waals surface area contributed by atoms with Crippen LogP contribution in [0.25, 0.3) is 0 Å². The number of aromatic carboxylic acids is 1. The third-order valence-electron chi connectivity index (χ3n) is 2.71. The molecule has 0 unspecified atom stereocenters. The Hall–Kier alpha value is -3.00. The SMILES string of the molecule is CCOc1ccc(Oc2ccc(C(=O)O)cc2C#N)cc1. The van der Waals surface area contributed by atoms with Crippen LogP contribution < -0.4 is 9.47 Å². The molecule has 21 heavy (non-hydrogen) atoms. The Balaban J connectivity index is 2.23. The zero-order chi connectivity index (χ0) is 15.2. The predicted molar refractivity (Wildman–Crippen MR) is 75.8 cm³/mol. The summed E-state index contributed by atoms with van der Waals surface area (Å²) in [6, 6.07) is 13.0. The van der Waals surface area contributed by atoms with Crippen molar-refractivity contribution in [2.24, 2.45) is 0 Å². The van der Waals surface area contributed by atoms with E-state index >= 15 is 0 Å². The molecule has 0 aliphatic carbocycles. The Morgan fingerprint density at radius 3 is 2.43 bits per heavy atom. The molecule has 1 N–H and O–H groups in total. The molecule has 0 atom stereocenters. The minimum absolute atomic E-state index is 0.0468. The van der Waals surface area contributed by atoms with Crippen molar-refractivity contribution >= 4 is 5.97 Å². The van der Waals surface area contributed by atoms with E-state index in [4.69, 9.17) is 19.8 Å². The van der Waals surface area contributed by atoms with Crippen LogP contribution in [0.4, 0.5) is 0 Å². The predicted octanol–water partition coefficient (Wildman–Crippen LogP) is 3.45. The smallest absolute Gasteiger partial charge is 0.335 e. The van der Waals surface area contributed by atoms with Crippen molar-refractivity contribution in [3.8, 4) is 23.3 Å². The van der Waals surface area contributed by atoms with Crippen LogP contribution in [-0.4, -0.2) is 17.7 Å². The molecule has 0 heterocycles. The van der Waals surface area contributed by atoms with Crippen molar-refractivity contribution in [1.29, 1.82) is 5.26 Å². The van der Waals surface area contributed by atoms with Gasteiger partial charge in [-0.25, -0.2) is 4.79 Å². The molecule has 106 valence electrons. The van der Waals surface area contributed by atoms with Crippen LogP contribution in [0.1, 0.15) is 22.8 Å². The monoisotopic (exact) mass is 283 g/mol. The Kier molecular flexibility index (Phi) is 4.42. The maximum absolute atomic E-state index is 10.9. The lowest BCUT2D eigenvalue weighted by atomic mass is 10.1. The lowest BCUT2D eigenvalue weighted by molar-refractivity contribution is 0.0697. The summed E-state index contributed by atoms with van der Waals surface area (Å²) in [4.78, 5) is 10.9. The highest BCUT2D eigenvalue weighted by atomic mass is 16.5. The summed E-state index contributed by atoms with van der Waals surface area (Å²) >= 11 is 0. The summed E-state index contributed by atoms with van der Waals surface area (Å²) in [6.07, 6.45) is 0. The lowest BCUT2D eigenvalue weighted by Gasteiger charge is -2.09. The van der Waals surface area contributed by atoms with Gasteiger partial charge in [0.25, 0.3) is 0 Å². The van der Waals surface area contributed by atoms with E-state index in [2.05, 4.69) is 0 Å². The third-order valence-corrected chi connectivity index (χ3v) is 2.71. The van der Waals surface area contributed by atoms with Gasteiger partial charge < -0.3 is 14.6 Å². The van der Waals surface area contributed by atoms with Crippen molar-refractivity contribution in [2.75, 3.05) is 6.61 Å². The second-order valence-electron chi connectivity index (χ2n) is 4.13. The molecule has 0 amide bonds. The van der Waals surface area contributed by atoms with Gasteiger partial charge in [0.15, 0.2) is 0 Å². The molecule has 0 fully saturated rings. The number of hydrogen-bond donors (Lipinski definition) is 1. The summed E-state index contributed by atoms with van der Waals surface area (Å²) in [5, 5.41) is 18.0. The molecule has 0 aliphatic heterocycles. The highest BCUT2D eigenvalue weighted by Gasteiger charge is 2.10. The van der Waals surface area contributed by atoms with Crippen LogP contribution >= 0.6 is 0 Å². The zero-order valence-electron chi connectivity index (χ0n) is 11.4. The Bertz CT molecular complexity index is 686. The Morgan fingerprint density at radius 1 is 1.19 bits per heavy atom. The summed E-state index contributed by atoms with van der Waals surface area (Å²) in [6.45, 7) is 2.48. The van der Waals surface area contributed by atoms with Gasteiger partial charge in [-0.05, 0) is 49.4 Å². The molecule has 2 aromatic rings. The van der Waals surface area contributed by atoms with Crippen molar-refractivity contribution in [3.63, 3.8) is 0 Å². The number of nitriles is 1. The van der Waals surface area contributed by atoms with Crippen LogP contribution in [0.2, 0.25) is 0 Å². The minimum Gasteiger partial charge on any atom is -0.494 e. The second kappa shape index (κ2) is 6.44. The fourth-order valence-electron chi connectivity index (χ4n) is 1.74. The van der Waals surface area contributed by atoms with Gasteiger partial charge in [-0.3, -0.25) is 0 Å². The van der Waals surface area contributed by atoms with Crippen molar-refractivity contribution < 1.29 is 19.4 Å². The van der Waals surface area contributed by atoms with Gasteiger partial charge in [-0.2, -0.15) is 5.26 Å². The van der Waals surface area contributed by atoms with E-state index in [1.807, 2.05) is 13.0 Å². The molecule has 0 aliphatic rings. The summed E-state index contributed by atoms with van der Waals surface area (Å²) in [5.41, 5.74) is 0.217. The number of carboxylic acid groups (broad SMARTS) is 1. The average Bonchev–Trinajstić information content (AvgIpc) is 2.49. The third kappa shape index (κ3) is 3.51. The van der Waals surface area contributed by atoms with Crippen molar-refractivity contribution in [2.45, 2.75) is 6.92 Å². The number of nitrogens with zero attached hydrogens (tertiary/aromatic N) is 1. The molecule has 0 radical (unpaired) electrons. The van der Waals surface area contributed by atoms with Crippen molar-refractivity contribution in [1.82, 2.24) is 0 Å². The molecule has 0 saturated carbocycles. The Labute approximate surface area is 122 Å². The fraction of sp³-hybridized carbons (Fsp3) is 0.125. The van der Waals surface area contributed by atoms with Crippen LogP contribution in [0.5, 0.6) is 17.2 Å². The van der Waals surface area contributed by atoms with E-state index in [9.17, 15) is 4.79 Å². The molecule has 5 heteroatoms. The van der Waals surface area contributed by atoms with Gasteiger partial charge in [0.2, 0.25) is 0 Å². The van der Waals surface area contributed by atoms with E-state index < -0.39 is 5.97 Å². The van der Waals surface area contributed by atoms with E-state index in [0.717, 1.165) is 5.75 Å². The molecule has 5 nitrogen and oxygen atoms in total. The largest absolute Gasteiger partial charge is 0.494 e. The number of hydrogen-bond acceptors (Lipinski definition) is 4. The van der Waals surface area contributed by atoms with Crippen LogP contribution in [-0.2, 0) is 0 Å². The van der Waals surface area contributed by atoms with E-state index in [1.165, 1.54) is 18.2 Å². The lowest BCUT2D eigenvalue weighted by Crippen LogP contribution is -1.98. The van der Waals surface area contributed by atoms with Gasteiger partial charge in [-0.1, -0.05) is 0 Å². The molecule has 0 saturated heterocycles. The van der Waals surface area contributed by atoms with Gasteiger partial charge in [0.1, 0.15) is 23.3 Å². The second-order valence-corrected chi connectivity index (χ2v) is 4.13. The molecule has 0 bridgehead atoms. The maximum atomic E-state index is 10.9. The van der Waals surface area contributed by atoms with Crippen LogP contribution in [0.3, 0.4) is 0 Å². The number of ether oxygens (including phenoxy) is 2. The normalized spacial score (nSPS) is 9.71. The van der Waals surface area contributed by atoms with Gasteiger partial charge in [0, 0.05) is 0 Å². The summed E-state index contributed by atoms with van der Waals surface area (Å²) in [7, 11) is 0. The van der Waals surface area contributed by atoms with E-state index in [0.29, 0.717) is 18.1 Å². The molecule has 2 rings (SSSR count). The zero-order valence-corrected chi connectivity index (χ0v) is 11.4. The van der Waals surface area contributed by atoms with Crippen LogP contribution in [0, 0.1) is 11.3 Å². The summed E-state index contributed by atoms with van der Waals surface area (Å²) < 4.78 is 10.9. The number of rotatable bonds is 5. The minimum atomic E-state index is -1.08. The molecule has 0 aromatic heterocycles. The number of carbonyl (C=O) groups is 1. The topological polar surface area (TPSA) is 79.6 Å². The fourth-order valence-corrected chi connectivity index (χ4v) is 1.74. The first kappa shape index (κ1) is 14.4. The van der Waals surface area contributed by atoms with Crippen molar-refractivity contribution in [3.05, 3.63) is 53.6 Å². The van der Waals surface area contributed by atoms with Crippen LogP contribution in [0.15, 0.2) is 42.5 Å². The quantitative estimate of drug-likeness (QED) is 0.909. The first-order chi connectivity index (χ1) is 10.1. The van der Waals surface area contributed by atoms with Gasteiger partial charge in [-0.15, -0.1) is 0 Å². The van der Waals surface area contributed by atoms with E-state index in [-0.39, 0.29) is 11.1 Å². The average molecular weight is 283 g/mol. The first-order valence-corrected chi connectivity index (χ1v) is 6.32. The number of carboxylic acids is 1. The summed E-state index contributed by atoms with van der Waals surface area (Å²) in [5.74, 6) is 0.496. The Morgan fingerprint density at radius 2 is 1.86 bits per heavy atom. The molecule has 0 spiro atoms. The van der Waals surface area contributed by atoms with Gasteiger partial charge in [0.05, 0.1) is 17.7 Å². The maximum Gasteiger partial charge on any atom is 0.335 e. The standard InChI is InChI=1S/C16H13NO4/c1-2-20-13-4-6-14(7-5-13)21-15-8-3-11(16(18)19)9-12(15)10-17/h3-9H,2H2,1H3,(H,18,19). The highest BCUT2D eigenvalue weighted by molar-refractivity contribution is 5.88. The molecular formula is C16H13NO4.